The fourth-order valence-electron chi connectivity index (χ4n) is 8.62. The summed E-state index contributed by atoms with van der Waals surface area (Å²) in [6.45, 7) is 0. The molecular formula is C51H33N3. The molecule has 9 aromatic carbocycles. The summed E-state index contributed by atoms with van der Waals surface area (Å²) in [5, 5.41) is 7.44. The van der Waals surface area contributed by atoms with E-state index in [4.69, 9.17) is 4.98 Å². The van der Waals surface area contributed by atoms with E-state index in [2.05, 4.69) is 209 Å². The Morgan fingerprint density at radius 2 is 0.741 bits per heavy atom. The van der Waals surface area contributed by atoms with Crippen molar-refractivity contribution >= 4 is 54.4 Å². The maximum absolute atomic E-state index is 5.20. The largest absolute Gasteiger partial charge is 0.309 e. The van der Waals surface area contributed by atoms with Gasteiger partial charge in [-0.25, -0.2) is 4.98 Å². The van der Waals surface area contributed by atoms with Gasteiger partial charge in [-0.1, -0.05) is 146 Å². The Morgan fingerprint density at radius 1 is 0.296 bits per heavy atom. The number of hydrogen-bond acceptors (Lipinski definition) is 1. The lowest BCUT2D eigenvalue weighted by Gasteiger charge is -2.19. The first-order valence-electron chi connectivity index (χ1n) is 18.5. The molecule has 0 bridgehead atoms. The van der Waals surface area contributed by atoms with E-state index in [1.807, 2.05) is 0 Å². The summed E-state index contributed by atoms with van der Waals surface area (Å²) in [4.78, 5) is 5.20. The number of rotatable bonds is 5. The number of fused-ring (bicyclic) bond motifs is 6. The van der Waals surface area contributed by atoms with Gasteiger partial charge in [-0.05, 0) is 98.4 Å². The van der Waals surface area contributed by atoms with E-state index < -0.39 is 0 Å². The van der Waals surface area contributed by atoms with Crippen molar-refractivity contribution in [3.05, 3.63) is 200 Å². The lowest BCUT2D eigenvalue weighted by molar-refractivity contribution is 1.10. The predicted molar refractivity (Wildman–Crippen MR) is 227 cm³/mol. The van der Waals surface area contributed by atoms with Crippen molar-refractivity contribution in [3.8, 4) is 45.0 Å². The summed E-state index contributed by atoms with van der Waals surface area (Å²) in [6, 6.07) is 72.1. The minimum absolute atomic E-state index is 0.927. The molecule has 0 unspecified atom stereocenters. The zero-order valence-corrected chi connectivity index (χ0v) is 29.4. The van der Waals surface area contributed by atoms with Crippen molar-refractivity contribution in [3.63, 3.8) is 0 Å². The number of imidazole rings is 1. The van der Waals surface area contributed by atoms with Gasteiger partial charge in [0.15, 0.2) is 0 Å². The van der Waals surface area contributed by atoms with Crippen molar-refractivity contribution in [2.24, 2.45) is 0 Å². The monoisotopic (exact) mass is 687 g/mol. The summed E-state index contributed by atoms with van der Waals surface area (Å²) in [5.74, 6) is 0.927. The van der Waals surface area contributed by atoms with Gasteiger partial charge in [0.25, 0.3) is 0 Å². The highest BCUT2D eigenvalue weighted by Gasteiger charge is 2.20. The second-order valence-corrected chi connectivity index (χ2v) is 13.9. The smallest absolute Gasteiger partial charge is 0.145 e. The van der Waals surface area contributed by atoms with Gasteiger partial charge in [0, 0.05) is 27.7 Å². The quantitative estimate of drug-likeness (QED) is 0.165. The highest BCUT2D eigenvalue weighted by Crippen LogP contribution is 2.45. The van der Waals surface area contributed by atoms with Gasteiger partial charge >= 0.3 is 0 Å². The van der Waals surface area contributed by atoms with Crippen molar-refractivity contribution < 1.29 is 0 Å². The SMILES string of the molecule is c1ccc(-n2c(-c3cccc(-c4c5ccccc5c(-c5cccc(-n6c7ccccc7c7ccccc76)c5)c5ccccc45)c3)nc3ccccc32)cc1. The maximum atomic E-state index is 5.20. The molecule has 0 saturated heterocycles. The molecule has 2 heterocycles. The van der Waals surface area contributed by atoms with Crippen LogP contribution in [0.3, 0.4) is 0 Å². The third-order valence-corrected chi connectivity index (χ3v) is 10.9. The Bertz CT molecular complexity index is 3110. The average Bonchev–Trinajstić information content (AvgIpc) is 3.80. The second kappa shape index (κ2) is 12.2. The van der Waals surface area contributed by atoms with Crippen LogP contribution < -0.4 is 0 Å². The van der Waals surface area contributed by atoms with Gasteiger partial charge in [-0.15, -0.1) is 0 Å². The van der Waals surface area contributed by atoms with E-state index in [0.29, 0.717) is 0 Å². The number of hydrogen-bond donors (Lipinski definition) is 0. The summed E-state index contributed by atoms with van der Waals surface area (Å²) in [7, 11) is 0. The molecule has 11 aromatic rings. The van der Waals surface area contributed by atoms with E-state index in [9.17, 15) is 0 Å². The highest BCUT2D eigenvalue weighted by atomic mass is 15.1. The molecule has 0 N–H and O–H groups in total. The average molecular weight is 688 g/mol. The van der Waals surface area contributed by atoms with E-state index in [1.165, 1.54) is 60.0 Å². The summed E-state index contributed by atoms with van der Waals surface area (Å²) in [5.41, 5.74) is 12.6. The molecule has 0 aliphatic rings. The Morgan fingerprint density at radius 3 is 1.35 bits per heavy atom. The number of para-hydroxylation sites is 5. The van der Waals surface area contributed by atoms with Crippen LogP contribution in [0.5, 0.6) is 0 Å². The van der Waals surface area contributed by atoms with Crippen LogP contribution in [-0.4, -0.2) is 14.1 Å². The third kappa shape index (κ3) is 4.65. The van der Waals surface area contributed by atoms with Gasteiger partial charge in [-0.3, -0.25) is 4.57 Å². The third-order valence-electron chi connectivity index (χ3n) is 10.9. The van der Waals surface area contributed by atoms with E-state index in [0.717, 1.165) is 39.4 Å². The molecule has 252 valence electrons. The molecule has 0 saturated carbocycles. The van der Waals surface area contributed by atoms with Crippen molar-refractivity contribution in [2.75, 3.05) is 0 Å². The van der Waals surface area contributed by atoms with E-state index >= 15 is 0 Å². The zero-order valence-electron chi connectivity index (χ0n) is 29.4. The predicted octanol–water partition coefficient (Wildman–Crippen LogP) is 13.4. The number of benzene rings is 9. The Hall–Kier alpha value is -7.23. The number of aromatic nitrogens is 3. The van der Waals surface area contributed by atoms with Crippen LogP contribution in [0.15, 0.2) is 200 Å². The Kier molecular flexibility index (Phi) is 6.86. The Labute approximate surface area is 312 Å². The first-order chi connectivity index (χ1) is 26.8. The van der Waals surface area contributed by atoms with Gasteiger partial charge < -0.3 is 4.57 Å². The molecule has 2 aromatic heterocycles. The van der Waals surface area contributed by atoms with Crippen LogP contribution in [-0.2, 0) is 0 Å². The van der Waals surface area contributed by atoms with Crippen molar-refractivity contribution in [1.29, 1.82) is 0 Å². The lowest BCUT2D eigenvalue weighted by atomic mass is 9.85. The standard InChI is InChI=1S/C51H33N3/c1-2-19-37(20-3-1)54-48-31-13-10-28-45(48)52-51(54)36-18-14-16-34(32-36)49-41-24-4-6-26-43(41)50(44-27-7-5-25-42(44)49)35-17-15-21-38(33-35)53-46-29-11-8-22-39(46)40-23-9-12-30-47(40)53/h1-33H. The van der Waals surface area contributed by atoms with Crippen molar-refractivity contribution in [2.45, 2.75) is 0 Å². The Balaban J connectivity index is 1.13. The molecule has 11 rings (SSSR count). The normalized spacial score (nSPS) is 11.7. The van der Waals surface area contributed by atoms with Crippen molar-refractivity contribution in [1.82, 2.24) is 14.1 Å². The minimum atomic E-state index is 0.927. The lowest BCUT2D eigenvalue weighted by Crippen LogP contribution is -1.97. The van der Waals surface area contributed by atoms with E-state index in [-0.39, 0.29) is 0 Å². The van der Waals surface area contributed by atoms with Crippen LogP contribution in [0.25, 0.3) is 99.4 Å². The zero-order chi connectivity index (χ0) is 35.6. The van der Waals surface area contributed by atoms with E-state index in [1.54, 1.807) is 0 Å². The van der Waals surface area contributed by atoms with Crippen LogP contribution >= 0.6 is 0 Å². The van der Waals surface area contributed by atoms with Gasteiger partial charge in [0.05, 0.1) is 22.1 Å². The fourth-order valence-corrected chi connectivity index (χ4v) is 8.62. The molecule has 3 nitrogen and oxygen atoms in total. The first-order valence-corrected chi connectivity index (χ1v) is 18.5. The molecule has 0 aliphatic heterocycles. The summed E-state index contributed by atoms with van der Waals surface area (Å²) < 4.78 is 4.68. The highest BCUT2D eigenvalue weighted by molar-refractivity contribution is 6.21. The fraction of sp³-hybridized carbons (Fsp3) is 0. The molecule has 0 aliphatic carbocycles. The van der Waals surface area contributed by atoms with Crippen LogP contribution in [0.1, 0.15) is 0 Å². The summed E-state index contributed by atoms with van der Waals surface area (Å²) >= 11 is 0. The topological polar surface area (TPSA) is 22.8 Å². The molecule has 0 radical (unpaired) electrons. The molecule has 0 atom stereocenters. The van der Waals surface area contributed by atoms with Crippen LogP contribution in [0.2, 0.25) is 0 Å². The van der Waals surface area contributed by atoms with Gasteiger partial charge in [-0.2, -0.15) is 0 Å². The molecule has 0 amide bonds. The maximum Gasteiger partial charge on any atom is 0.145 e. The summed E-state index contributed by atoms with van der Waals surface area (Å²) in [6.07, 6.45) is 0. The molecule has 0 spiro atoms. The van der Waals surface area contributed by atoms with Gasteiger partial charge in [0.1, 0.15) is 5.82 Å². The molecular weight excluding hydrogens is 655 g/mol. The second-order valence-electron chi connectivity index (χ2n) is 13.9. The molecule has 3 heteroatoms. The van der Waals surface area contributed by atoms with Gasteiger partial charge in [0.2, 0.25) is 0 Å². The molecule has 0 fully saturated rings. The van der Waals surface area contributed by atoms with Crippen LogP contribution in [0, 0.1) is 0 Å². The van der Waals surface area contributed by atoms with Crippen LogP contribution in [0.4, 0.5) is 0 Å². The molecule has 54 heavy (non-hydrogen) atoms. The first kappa shape index (κ1) is 30.4. The number of nitrogens with zero attached hydrogens (tertiary/aromatic N) is 3. The minimum Gasteiger partial charge on any atom is -0.309 e.